The maximum atomic E-state index is 10.7. The maximum absolute atomic E-state index is 10.7. The van der Waals surface area contributed by atoms with Crippen molar-refractivity contribution in [3.8, 4) is 0 Å². The van der Waals surface area contributed by atoms with E-state index in [4.69, 9.17) is 0 Å². The van der Waals surface area contributed by atoms with Crippen LogP contribution in [0.1, 0.15) is 29.7 Å². The molecular weight excluding hydrogens is 254 g/mol. The molecule has 1 heterocycles. The Kier molecular flexibility index (Phi) is 3.98. The highest BCUT2D eigenvalue weighted by Crippen LogP contribution is 2.23. The summed E-state index contributed by atoms with van der Waals surface area (Å²) >= 11 is 0. The third-order valence-corrected chi connectivity index (χ3v) is 3.21. The van der Waals surface area contributed by atoms with Gasteiger partial charge >= 0.3 is 0 Å². The molecule has 0 aliphatic rings. The standard InChI is InChI=1S/C15H17N3O2/c1-10-4-6-13(7-5-10)12(3)17-15-11(2)8-14(9-16-15)18(19)20/h4-9,12H,1-3H3,(H,16,17). The van der Waals surface area contributed by atoms with Crippen LogP contribution in [0, 0.1) is 24.0 Å². The van der Waals surface area contributed by atoms with Gasteiger partial charge in [0, 0.05) is 12.1 Å². The Balaban J connectivity index is 2.17. The number of hydrogen-bond donors (Lipinski definition) is 1. The van der Waals surface area contributed by atoms with E-state index < -0.39 is 4.92 Å². The number of nitrogens with one attached hydrogen (secondary N) is 1. The van der Waals surface area contributed by atoms with Crippen molar-refractivity contribution in [1.29, 1.82) is 0 Å². The van der Waals surface area contributed by atoms with E-state index in [1.807, 2.05) is 20.8 Å². The number of nitro groups is 1. The molecule has 5 nitrogen and oxygen atoms in total. The fourth-order valence-electron chi connectivity index (χ4n) is 1.95. The summed E-state index contributed by atoms with van der Waals surface area (Å²) in [6.07, 6.45) is 1.27. The number of aryl methyl sites for hydroxylation is 2. The van der Waals surface area contributed by atoms with E-state index in [1.54, 1.807) is 0 Å². The normalized spacial score (nSPS) is 11.9. The zero-order chi connectivity index (χ0) is 14.7. The predicted molar refractivity (Wildman–Crippen MR) is 78.8 cm³/mol. The maximum Gasteiger partial charge on any atom is 0.287 e. The number of hydrogen-bond acceptors (Lipinski definition) is 4. The molecule has 0 saturated carbocycles. The van der Waals surface area contributed by atoms with Crippen LogP contribution in [0.3, 0.4) is 0 Å². The molecule has 0 fully saturated rings. The minimum Gasteiger partial charge on any atom is -0.363 e. The first-order chi connectivity index (χ1) is 9.47. The molecule has 2 rings (SSSR count). The van der Waals surface area contributed by atoms with E-state index in [9.17, 15) is 10.1 Å². The largest absolute Gasteiger partial charge is 0.363 e. The second-order valence-corrected chi connectivity index (χ2v) is 4.89. The third kappa shape index (κ3) is 3.12. The molecule has 104 valence electrons. The molecule has 1 atom stereocenters. The van der Waals surface area contributed by atoms with Crippen molar-refractivity contribution < 1.29 is 4.92 Å². The summed E-state index contributed by atoms with van der Waals surface area (Å²) in [5.74, 6) is 0.670. The highest BCUT2D eigenvalue weighted by atomic mass is 16.6. The number of pyridine rings is 1. The Morgan fingerprint density at radius 1 is 1.25 bits per heavy atom. The van der Waals surface area contributed by atoms with Gasteiger partial charge in [-0.25, -0.2) is 4.98 Å². The van der Waals surface area contributed by atoms with Crippen LogP contribution < -0.4 is 5.32 Å². The van der Waals surface area contributed by atoms with Crippen molar-refractivity contribution in [2.24, 2.45) is 0 Å². The summed E-state index contributed by atoms with van der Waals surface area (Å²) in [6.45, 7) is 5.89. The van der Waals surface area contributed by atoms with Gasteiger partial charge < -0.3 is 5.32 Å². The van der Waals surface area contributed by atoms with Gasteiger partial charge in [-0.2, -0.15) is 0 Å². The molecule has 0 aliphatic carbocycles. The predicted octanol–water partition coefficient (Wildman–Crippen LogP) is 3.78. The number of nitrogens with zero attached hydrogens (tertiary/aromatic N) is 2. The molecule has 1 aromatic carbocycles. The zero-order valence-electron chi connectivity index (χ0n) is 11.8. The molecule has 5 heteroatoms. The van der Waals surface area contributed by atoms with Crippen LogP contribution in [-0.4, -0.2) is 9.91 Å². The number of aromatic nitrogens is 1. The Hall–Kier alpha value is -2.43. The van der Waals surface area contributed by atoms with Gasteiger partial charge in [0.05, 0.1) is 4.92 Å². The van der Waals surface area contributed by atoms with E-state index in [-0.39, 0.29) is 11.7 Å². The smallest absolute Gasteiger partial charge is 0.287 e. The van der Waals surface area contributed by atoms with Crippen LogP contribution in [0.4, 0.5) is 11.5 Å². The van der Waals surface area contributed by atoms with Crippen molar-refractivity contribution in [2.45, 2.75) is 26.8 Å². The van der Waals surface area contributed by atoms with Crippen molar-refractivity contribution in [1.82, 2.24) is 4.98 Å². The summed E-state index contributed by atoms with van der Waals surface area (Å²) in [7, 11) is 0. The number of rotatable bonds is 4. The van der Waals surface area contributed by atoms with Gasteiger partial charge in [-0.15, -0.1) is 0 Å². The van der Waals surface area contributed by atoms with E-state index in [2.05, 4.69) is 34.6 Å². The molecule has 1 aromatic heterocycles. The van der Waals surface area contributed by atoms with Gasteiger partial charge in [-0.3, -0.25) is 10.1 Å². The van der Waals surface area contributed by atoms with Crippen LogP contribution >= 0.6 is 0 Å². The van der Waals surface area contributed by atoms with Crippen molar-refractivity contribution >= 4 is 11.5 Å². The SMILES string of the molecule is Cc1ccc(C(C)Nc2ncc([N+](=O)[O-])cc2C)cc1. The molecule has 0 radical (unpaired) electrons. The zero-order valence-corrected chi connectivity index (χ0v) is 11.8. The van der Waals surface area contributed by atoms with Gasteiger partial charge in [-0.1, -0.05) is 29.8 Å². The lowest BCUT2D eigenvalue weighted by Crippen LogP contribution is -2.09. The second kappa shape index (κ2) is 5.69. The fourth-order valence-corrected chi connectivity index (χ4v) is 1.95. The summed E-state index contributed by atoms with van der Waals surface area (Å²) in [6, 6.07) is 9.86. The van der Waals surface area contributed by atoms with E-state index >= 15 is 0 Å². The first kappa shape index (κ1) is 14.0. The fraction of sp³-hybridized carbons (Fsp3) is 0.267. The second-order valence-electron chi connectivity index (χ2n) is 4.89. The highest BCUT2D eigenvalue weighted by Gasteiger charge is 2.12. The third-order valence-electron chi connectivity index (χ3n) is 3.21. The van der Waals surface area contributed by atoms with Crippen molar-refractivity contribution in [3.63, 3.8) is 0 Å². The molecule has 20 heavy (non-hydrogen) atoms. The van der Waals surface area contributed by atoms with Crippen LogP contribution in [0.5, 0.6) is 0 Å². The lowest BCUT2D eigenvalue weighted by molar-refractivity contribution is -0.385. The topological polar surface area (TPSA) is 68.1 Å². The monoisotopic (exact) mass is 271 g/mol. The van der Waals surface area contributed by atoms with Gasteiger partial charge in [0.15, 0.2) is 0 Å². The molecule has 2 aromatic rings. The Morgan fingerprint density at radius 3 is 2.45 bits per heavy atom. The van der Waals surface area contributed by atoms with Crippen LogP contribution in [0.25, 0.3) is 0 Å². The van der Waals surface area contributed by atoms with E-state index in [0.29, 0.717) is 5.82 Å². The highest BCUT2D eigenvalue weighted by molar-refractivity contribution is 5.49. The first-order valence-electron chi connectivity index (χ1n) is 6.41. The Labute approximate surface area is 117 Å². The molecule has 0 bridgehead atoms. The molecular formula is C15H17N3O2. The molecule has 0 saturated heterocycles. The summed E-state index contributed by atoms with van der Waals surface area (Å²) < 4.78 is 0. The minimum absolute atomic E-state index is 0.0102. The summed E-state index contributed by atoms with van der Waals surface area (Å²) in [5.41, 5.74) is 3.13. The lowest BCUT2D eigenvalue weighted by atomic mass is 10.1. The Bertz CT molecular complexity index is 624. The molecule has 0 spiro atoms. The summed E-state index contributed by atoms with van der Waals surface area (Å²) in [5, 5.41) is 14.0. The lowest BCUT2D eigenvalue weighted by Gasteiger charge is -2.16. The van der Waals surface area contributed by atoms with Gasteiger partial charge in [0.1, 0.15) is 12.0 Å². The van der Waals surface area contributed by atoms with Crippen LogP contribution in [0.15, 0.2) is 36.5 Å². The first-order valence-corrected chi connectivity index (χ1v) is 6.41. The van der Waals surface area contributed by atoms with Gasteiger partial charge in [0.25, 0.3) is 5.69 Å². The van der Waals surface area contributed by atoms with Crippen LogP contribution in [0.2, 0.25) is 0 Å². The molecule has 1 N–H and O–H groups in total. The average molecular weight is 271 g/mol. The molecule has 1 unspecified atom stereocenters. The van der Waals surface area contributed by atoms with Crippen LogP contribution in [-0.2, 0) is 0 Å². The number of anilines is 1. The minimum atomic E-state index is -0.437. The number of benzene rings is 1. The van der Waals surface area contributed by atoms with Gasteiger partial charge in [0.2, 0.25) is 0 Å². The van der Waals surface area contributed by atoms with E-state index in [1.165, 1.54) is 17.8 Å². The van der Waals surface area contributed by atoms with E-state index in [0.717, 1.165) is 11.1 Å². The van der Waals surface area contributed by atoms with Crippen molar-refractivity contribution in [2.75, 3.05) is 5.32 Å². The molecule has 0 aliphatic heterocycles. The summed E-state index contributed by atoms with van der Waals surface area (Å²) in [4.78, 5) is 14.4. The molecule has 0 amide bonds. The van der Waals surface area contributed by atoms with Crippen molar-refractivity contribution in [3.05, 3.63) is 63.3 Å². The van der Waals surface area contributed by atoms with Gasteiger partial charge in [-0.05, 0) is 31.9 Å². The Morgan fingerprint density at radius 2 is 1.90 bits per heavy atom. The average Bonchev–Trinajstić information content (AvgIpc) is 2.41. The quantitative estimate of drug-likeness (QED) is 0.678.